The largest absolute Gasteiger partial charge is 0.460 e. The fraction of sp³-hybridized carbons (Fsp3) is 0.636. The van der Waals surface area contributed by atoms with Gasteiger partial charge in [0.1, 0.15) is 12.2 Å². The lowest BCUT2D eigenvalue weighted by Gasteiger charge is -2.37. The van der Waals surface area contributed by atoms with E-state index in [0.29, 0.717) is 0 Å². The second-order valence-electron chi connectivity index (χ2n) is 8.09. The van der Waals surface area contributed by atoms with Gasteiger partial charge in [0.2, 0.25) is 0 Å². The van der Waals surface area contributed by atoms with E-state index in [1.807, 2.05) is 65.0 Å². The summed E-state index contributed by atoms with van der Waals surface area (Å²) in [6, 6.07) is 9.20. The minimum atomic E-state index is -0.568. The van der Waals surface area contributed by atoms with Gasteiger partial charge in [-0.25, -0.2) is 4.79 Å². The maximum absolute atomic E-state index is 12.6. The summed E-state index contributed by atoms with van der Waals surface area (Å²) in [6.07, 6.45) is -0.0340. The normalized spacial score (nSPS) is 14.7. The second-order valence-corrected chi connectivity index (χ2v) is 8.09. The third kappa shape index (κ3) is 7.89. The summed E-state index contributed by atoms with van der Waals surface area (Å²) in [5.74, 6) is -0.236. The molecule has 158 valence electrons. The van der Waals surface area contributed by atoms with Gasteiger partial charge in [0.05, 0.1) is 18.6 Å². The Morgan fingerprint density at radius 1 is 1.14 bits per heavy atom. The molecule has 6 nitrogen and oxygen atoms in total. The van der Waals surface area contributed by atoms with Crippen LogP contribution in [-0.2, 0) is 25.6 Å². The highest BCUT2D eigenvalue weighted by Gasteiger charge is 2.35. The van der Waals surface area contributed by atoms with Crippen molar-refractivity contribution < 1.29 is 23.8 Å². The van der Waals surface area contributed by atoms with Crippen LogP contribution >= 0.6 is 0 Å². The fourth-order valence-electron chi connectivity index (χ4n) is 3.07. The van der Waals surface area contributed by atoms with Crippen LogP contribution in [0.5, 0.6) is 0 Å². The SMILES string of the molecule is CC[C@@H](C)[C@H]([C@@H](CC(=O)OC(C)(C)C)OC)N(C)C(=O)OCc1ccccc1. The third-order valence-corrected chi connectivity index (χ3v) is 4.64. The van der Waals surface area contributed by atoms with Crippen molar-refractivity contribution >= 4 is 12.1 Å². The van der Waals surface area contributed by atoms with Crippen LogP contribution in [0.15, 0.2) is 30.3 Å². The summed E-state index contributed by atoms with van der Waals surface area (Å²) < 4.78 is 16.5. The predicted octanol–water partition coefficient (Wildman–Crippen LogP) is 4.42. The Labute approximate surface area is 169 Å². The monoisotopic (exact) mass is 393 g/mol. The van der Waals surface area contributed by atoms with Gasteiger partial charge >= 0.3 is 12.1 Å². The molecule has 0 saturated carbocycles. The number of hydrogen-bond acceptors (Lipinski definition) is 5. The van der Waals surface area contributed by atoms with E-state index in [1.165, 1.54) is 4.90 Å². The topological polar surface area (TPSA) is 65.1 Å². The molecule has 3 atom stereocenters. The highest BCUT2D eigenvalue weighted by molar-refractivity contribution is 5.71. The van der Waals surface area contributed by atoms with Crippen molar-refractivity contribution in [2.45, 2.75) is 71.8 Å². The van der Waals surface area contributed by atoms with Crippen LogP contribution in [0.1, 0.15) is 53.0 Å². The van der Waals surface area contributed by atoms with Crippen LogP contribution < -0.4 is 0 Å². The molecule has 0 aromatic heterocycles. The van der Waals surface area contributed by atoms with Crippen molar-refractivity contribution in [3.05, 3.63) is 35.9 Å². The molecule has 0 heterocycles. The van der Waals surface area contributed by atoms with Crippen LogP contribution in [0.25, 0.3) is 0 Å². The van der Waals surface area contributed by atoms with Crippen molar-refractivity contribution in [1.82, 2.24) is 4.90 Å². The molecule has 0 aliphatic heterocycles. The number of amides is 1. The highest BCUT2D eigenvalue weighted by Crippen LogP contribution is 2.23. The molecular weight excluding hydrogens is 358 g/mol. The quantitative estimate of drug-likeness (QED) is 0.581. The summed E-state index contributed by atoms with van der Waals surface area (Å²) in [5.41, 5.74) is 0.350. The standard InChI is InChI=1S/C22H35NO5/c1-8-16(2)20(18(26-7)14-19(24)28-22(3,4)5)23(6)21(25)27-15-17-12-10-9-11-13-17/h9-13,16,18,20H,8,14-15H2,1-7H3/t16-,18-,20-/m1/s1. The van der Waals surface area contributed by atoms with Crippen LogP contribution in [0, 0.1) is 5.92 Å². The van der Waals surface area contributed by atoms with Gasteiger partial charge < -0.3 is 19.1 Å². The highest BCUT2D eigenvalue weighted by atomic mass is 16.6. The van der Waals surface area contributed by atoms with Crippen molar-refractivity contribution in [2.75, 3.05) is 14.2 Å². The maximum Gasteiger partial charge on any atom is 0.410 e. The first-order valence-electron chi connectivity index (χ1n) is 9.77. The van der Waals surface area contributed by atoms with E-state index in [2.05, 4.69) is 0 Å². The molecule has 0 spiro atoms. The van der Waals surface area contributed by atoms with Crippen molar-refractivity contribution in [3.63, 3.8) is 0 Å². The molecule has 0 bridgehead atoms. The van der Waals surface area contributed by atoms with E-state index in [-0.39, 0.29) is 31.0 Å². The molecule has 1 aromatic carbocycles. The average molecular weight is 394 g/mol. The van der Waals surface area contributed by atoms with E-state index in [4.69, 9.17) is 14.2 Å². The number of nitrogens with zero attached hydrogens (tertiary/aromatic N) is 1. The number of likely N-dealkylation sites (N-methyl/N-ethyl adjacent to an activating group) is 1. The predicted molar refractivity (Wildman–Crippen MR) is 109 cm³/mol. The maximum atomic E-state index is 12.6. The minimum absolute atomic E-state index is 0.0685. The first-order valence-corrected chi connectivity index (χ1v) is 9.77. The summed E-state index contributed by atoms with van der Waals surface area (Å²) in [4.78, 5) is 26.5. The Kier molecular flexibility index (Phi) is 9.46. The molecule has 28 heavy (non-hydrogen) atoms. The molecule has 1 aromatic rings. The minimum Gasteiger partial charge on any atom is -0.460 e. The summed E-state index contributed by atoms with van der Waals surface area (Å²) in [5, 5.41) is 0. The molecule has 0 saturated heterocycles. The molecule has 1 amide bonds. The molecule has 0 fully saturated rings. The average Bonchev–Trinajstić information content (AvgIpc) is 2.64. The first kappa shape index (κ1) is 24.0. The van der Waals surface area contributed by atoms with E-state index < -0.39 is 17.8 Å². The molecule has 0 N–H and O–H groups in total. The molecule has 1 rings (SSSR count). The zero-order valence-corrected chi connectivity index (χ0v) is 18.2. The molecule has 0 radical (unpaired) electrons. The molecule has 6 heteroatoms. The molecular formula is C22H35NO5. The van der Waals surface area contributed by atoms with Gasteiger partial charge in [0.15, 0.2) is 0 Å². The van der Waals surface area contributed by atoms with Gasteiger partial charge in [0.25, 0.3) is 0 Å². The molecule has 0 aliphatic rings. The Hall–Kier alpha value is -2.08. The van der Waals surface area contributed by atoms with Crippen molar-refractivity contribution in [1.29, 1.82) is 0 Å². The Balaban J connectivity index is 2.85. The summed E-state index contributed by atoms with van der Waals surface area (Å²) in [6.45, 7) is 9.75. The Morgan fingerprint density at radius 3 is 2.25 bits per heavy atom. The van der Waals surface area contributed by atoms with Gasteiger partial charge in [-0.3, -0.25) is 4.79 Å². The number of methoxy groups -OCH3 is 1. The second kappa shape index (κ2) is 11.1. The number of rotatable bonds is 9. The van der Waals surface area contributed by atoms with Crippen LogP contribution in [-0.4, -0.2) is 48.9 Å². The van der Waals surface area contributed by atoms with Gasteiger partial charge in [-0.15, -0.1) is 0 Å². The van der Waals surface area contributed by atoms with Crippen molar-refractivity contribution in [3.8, 4) is 0 Å². The molecule has 0 unspecified atom stereocenters. The molecule has 0 aliphatic carbocycles. The lowest BCUT2D eigenvalue weighted by Crippen LogP contribution is -2.50. The van der Waals surface area contributed by atoms with Crippen LogP contribution in [0.4, 0.5) is 4.79 Å². The van der Waals surface area contributed by atoms with E-state index in [0.717, 1.165) is 12.0 Å². The number of esters is 1. The number of ether oxygens (including phenoxy) is 3. The number of benzene rings is 1. The van der Waals surface area contributed by atoms with Crippen LogP contribution in [0.3, 0.4) is 0 Å². The number of carbonyl (C=O) groups is 2. The zero-order chi connectivity index (χ0) is 21.3. The van der Waals surface area contributed by atoms with Gasteiger partial charge in [-0.05, 0) is 32.3 Å². The smallest absolute Gasteiger partial charge is 0.410 e. The summed E-state index contributed by atoms with van der Waals surface area (Å²) >= 11 is 0. The number of carbonyl (C=O) groups excluding carboxylic acids is 2. The van der Waals surface area contributed by atoms with Gasteiger partial charge in [-0.2, -0.15) is 0 Å². The lowest BCUT2D eigenvalue weighted by atomic mass is 9.91. The zero-order valence-electron chi connectivity index (χ0n) is 18.2. The van der Waals surface area contributed by atoms with Gasteiger partial charge in [-0.1, -0.05) is 50.6 Å². The summed E-state index contributed by atoms with van der Waals surface area (Å²) in [7, 11) is 3.23. The van der Waals surface area contributed by atoms with Crippen molar-refractivity contribution in [2.24, 2.45) is 5.92 Å². The van der Waals surface area contributed by atoms with E-state index in [9.17, 15) is 9.59 Å². The Bertz CT molecular complexity index is 611. The van der Waals surface area contributed by atoms with Crippen LogP contribution in [0.2, 0.25) is 0 Å². The third-order valence-electron chi connectivity index (χ3n) is 4.64. The first-order chi connectivity index (χ1) is 13.1. The Morgan fingerprint density at radius 2 is 1.75 bits per heavy atom. The fourth-order valence-corrected chi connectivity index (χ4v) is 3.07. The lowest BCUT2D eigenvalue weighted by molar-refractivity contribution is -0.159. The van der Waals surface area contributed by atoms with E-state index in [1.54, 1.807) is 14.2 Å². The van der Waals surface area contributed by atoms with E-state index >= 15 is 0 Å². The van der Waals surface area contributed by atoms with Gasteiger partial charge in [0, 0.05) is 14.2 Å². The number of hydrogen-bond donors (Lipinski definition) is 0.